The first-order valence-electron chi connectivity index (χ1n) is 11.0. The monoisotopic (exact) mass is 493 g/mol. The number of aryl methyl sites for hydroxylation is 1. The summed E-state index contributed by atoms with van der Waals surface area (Å²) in [6, 6.07) is 20.4. The fourth-order valence-corrected chi connectivity index (χ4v) is 6.25. The second-order valence-electron chi connectivity index (χ2n) is 8.35. The van der Waals surface area contributed by atoms with Crippen LogP contribution in [0.15, 0.2) is 66.7 Å². The average Bonchev–Trinajstić information content (AvgIpc) is 3.36. The molecule has 0 bridgehead atoms. The lowest BCUT2D eigenvalue weighted by Gasteiger charge is -2.33. The topological polar surface area (TPSA) is 61.9 Å². The molecule has 0 radical (unpaired) electrons. The Bertz CT molecular complexity index is 1280. The summed E-state index contributed by atoms with van der Waals surface area (Å²) in [6.07, 6.45) is 0. The van der Waals surface area contributed by atoms with E-state index in [1.165, 1.54) is 11.8 Å². The molecule has 0 unspecified atom stereocenters. The second kappa shape index (κ2) is 8.89. The summed E-state index contributed by atoms with van der Waals surface area (Å²) in [7, 11) is 1.58. The number of urea groups is 1. The van der Waals surface area contributed by atoms with Gasteiger partial charge in [-0.15, -0.1) is 11.8 Å². The van der Waals surface area contributed by atoms with Crippen LogP contribution in [0.5, 0.6) is 5.75 Å². The van der Waals surface area contributed by atoms with Crippen molar-refractivity contribution in [1.82, 2.24) is 4.90 Å². The first-order chi connectivity index (χ1) is 16.4. The highest BCUT2D eigenvalue weighted by Gasteiger charge is 2.59. The number of anilines is 2. The minimum absolute atomic E-state index is 0.130. The van der Waals surface area contributed by atoms with E-state index in [4.69, 9.17) is 16.3 Å². The highest BCUT2D eigenvalue weighted by Crippen LogP contribution is 2.55. The number of rotatable bonds is 4. The number of halogens is 1. The molecule has 8 heteroatoms. The average molecular weight is 494 g/mol. The molecule has 0 saturated carbocycles. The lowest BCUT2D eigenvalue weighted by molar-refractivity contribution is -0.123. The standard InChI is InChI=1S/C26H24ClN3O3S/c1-17-5-3-6-18(13-17)16-29-23-10-9-19(27)14-22(23)26(24(29)31)30(11-12-34-26)25(32)28-20-7-4-8-21(15-20)33-2/h3-10,13-15H,11-12,16H2,1-2H3,(H,28,32)/t26-/m0/s1. The number of hydrogen-bond acceptors (Lipinski definition) is 4. The van der Waals surface area contributed by atoms with Gasteiger partial charge in [0.1, 0.15) is 5.75 Å². The molecule has 2 aliphatic heterocycles. The Labute approximate surface area is 207 Å². The molecule has 1 saturated heterocycles. The van der Waals surface area contributed by atoms with Crippen molar-refractivity contribution in [3.8, 4) is 5.75 Å². The Kier molecular flexibility index (Phi) is 5.91. The lowest BCUT2D eigenvalue weighted by atomic mass is 10.1. The largest absolute Gasteiger partial charge is 0.497 e. The Morgan fingerprint density at radius 1 is 1.15 bits per heavy atom. The van der Waals surface area contributed by atoms with Crippen LogP contribution in [0.2, 0.25) is 5.02 Å². The summed E-state index contributed by atoms with van der Waals surface area (Å²) < 4.78 is 5.27. The van der Waals surface area contributed by atoms with Gasteiger partial charge >= 0.3 is 6.03 Å². The molecule has 1 atom stereocenters. The molecule has 5 rings (SSSR count). The molecule has 1 fully saturated rings. The number of thioether (sulfide) groups is 1. The number of benzene rings is 3. The molecule has 0 aromatic heterocycles. The predicted molar refractivity (Wildman–Crippen MR) is 137 cm³/mol. The van der Waals surface area contributed by atoms with Gasteiger partial charge in [0.2, 0.25) is 0 Å². The summed E-state index contributed by atoms with van der Waals surface area (Å²) in [5, 5.41) is 3.47. The molecule has 174 valence electrons. The normalized spacial score (nSPS) is 19.0. The summed E-state index contributed by atoms with van der Waals surface area (Å²) in [5.41, 5.74) is 4.29. The van der Waals surface area contributed by atoms with E-state index in [0.29, 0.717) is 35.3 Å². The molecule has 2 aliphatic rings. The number of carbonyl (C=O) groups is 2. The number of fused-ring (bicyclic) bond motifs is 2. The number of amides is 3. The van der Waals surface area contributed by atoms with Crippen LogP contribution in [-0.2, 0) is 16.2 Å². The van der Waals surface area contributed by atoms with Crippen molar-refractivity contribution >= 4 is 46.7 Å². The first kappa shape index (κ1) is 22.6. The predicted octanol–water partition coefficient (Wildman–Crippen LogP) is 5.64. The van der Waals surface area contributed by atoms with E-state index in [2.05, 4.69) is 11.4 Å². The number of nitrogens with one attached hydrogen (secondary N) is 1. The number of carbonyl (C=O) groups excluding carboxylic acids is 2. The van der Waals surface area contributed by atoms with Gasteiger partial charge in [-0.25, -0.2) is 4.79 Å². The minimum Gasteiger partial charge on any atom is -0.497 e. The third-order valence-corrected chi connectivity index (χ3v) is 7.80. The van der Waals surface area contributed by atoms with Gasteiger partial charge in [0.15, 0.2) is 4.87 Å². The van der Waals surface area contributed by atoms with E-state index in [9.17, 15) is 9.59 Å². The Morgan fingerprint density at radius 3 is 2.76 bits per heavy atom. The van der Waals surface area contributed by atoms with Crippen molar-refractivity contribution in [2.75, 3.05) is 29.6 Å². The maximum Gasteiger partial charge on any atom is 0.323 e. The second-order valence-corrected chi connectivity index (χ2v) is 10.1. The lowest BCUT2D eigenvalue weighted by Crippen LogP contribution is -2.51. The Hall–Kier alpha value is -3.16. The maximum atomic E-state index is 14.1. The van der Waals surface area contributed by atoms with Crippen molar-refractivity contribution in [1.29, 1.82) is 0 Å². The summed E-state index contributed by atoms with van der Waals surface area (Å²) in [4.78, 5) is 29.8. The van der Waals surface area contributed by atoms with Gasteiger partial charge < -0.3 is 15.0 Å². The van der Waals surface area contributed by atoms with Crippen molar-refractivity contribution in [2.24, 2.45) is 0 Å². The molecule has 1 spiro atoms. The SMILES string of the molecule is COc1cccc(NC(=O)N2CCS[C@@]23C(=O)N(Cc2cccc(C)c2)c2ccc(Cl)cc23)c1. The van der Waals surface area contributed by atoms with Crippen LogP contribution < -0.4 is 15.0 Å². The van der Waals surface area contributed by atoms with E-state index in [-0.39, 0.29) is 11.9 Å². The zero-order valence-corrected chi connectivity index (χ0v) is 20.4. The molecule has 3 aromatic rings. The Morgan fingerprint density at radius 2 is 1.97 bits per heavy atom. The zero-order valence-electron chi connectivity index (χ0n) is 18.9. The Balaban J connectivity index is 1.52. The van der Waals surface area contributed by atoms with Crippen LogP contribution in [0.4, 0.5) is 16.2 Å². The summed E-state index contributed by atoms with van der Waals surface area (Å²) >= 11 is 7.85. The van der Waals surface area contributed by atoms with E-state index in [1.54, 1.807) is 35.1 Å². The molecule has 0 aliphatic carbocycles. The minimum atomic E-state index is -1.16. The van der Waals surface area contributed by atoms with Gasteiger partial charge in [-0.05, 0) is 42.8 Å². The number of methoxy groups -OCH3 is 1. The van der Waals surface area contributed by atoms with E-state index in [0.717, 1.165) is 22.4 Å². The highest BCUT2D eigenvalue weighted by molar-refractivity contribution is 8.01. The number of ether oxygens (including phenoxy) is 1. The maximum absolute atomic E-state index is 14.1. The molecule has 3 amide bonds. The van der Waals surface area contributed by atoms with Crippen LogP contribution in [0.3, 0.4) is 0 Å². The van der Waals surface area contributed by atoms with Crippen LogP contribution in [0.25, 0.3) is 0 Å². The smallest absolute Gasteiger partial charge is 0.323 e. The number of hydrogen-bond donors (Lipinski definition) is 1. The molecule has 6 nitrogen and oxygen atoms in total. The molecule has 2 heterocycles. The third kappa shape index (κ3) is 3.79. The zero-order chi connectivity index (χ0) is 23.9. The van der Waals surface area contributed by atoms with E-state index >= 15 is 0 Å². The quantitative estimate of drug-likeness (QED) is 0.511. The van der Waals surface area contributed by atoms with Gasteiger partial charge in [-0.3, -0.25) is 9.69 Å². The molecule has 34 heavy (non-hydrogen) atoms. The fraction of sp³-hybridized carbons (Fsp3) is 0.231. The molecule has 3 aromatic carbocycles. The van der Waals surface area contributed by atoms with Gasteiger partial charge in [0.05, 0.1) is 19.3 Å². The van der Waals surface area contributed by atoms with Crippen molar-refractivity contribution < 1.29 is 14.3 Å². The first-order valence-corrected chi connectivity index (χ1v) is 12.3. The summed E-state index contributed by atoms with van der Waals surface area (Å²) in [6.45, 7) is 2.89. The van der Waals surface area contributed by atoms with E-state index in [1.807, 2.05) is 49.4 Å². The molecule has 1 N–H and O–H groups in total. The number of nitrogens with zero attached hydrogens (tertiary/aromatic N) is 2. The van der Waals surface area contributed by atoms with Crippen molar-refractivity contribution in [3.63, 3.8) is 0 Å². The summed E-state index contributed by atoms with van der Waals surface area (Å²) in [5.74, 6) is 1.15. The highest BCUT2D eigenvalue weighted by atomic mass is 35.5. The van der Waals surface area contributed by atoms with Crippen LogP contribution in [0, 0.1) is 6.92 Å². The van der Waals surface area contributed by atoms with Crippen molar-refractivity contribution in [2.45, 2.75) is 18.3 Å². The molecular formula is C26H24ClN3O3S. The van der Waals surface area contributed by atoms with E-state index < -0.39 is 4.87 Å². The fourth-order valence-electron chi connectivity index (χ4n) is 4.63. The van der Waals surface area contributed by atoms with Gasteiger partial charge in [0.25, 0.3) is 5.91 Å². The van der Waals surface area contributed by atoms with Crippen LogP contribution in [0.1, 0.15) is 16.7 Å². The van der Waals surface area contributed by atoms with Gasteiger partial charge in [-0.1, -0.05) is 47.5 Å². The van der Waals surface area contributed by atoms with Gasteiger partial charge in [-0.2, -0.15) is 0 Å². The van der Waals surface area contributed by atoms with Crippen LogP contribution in [-0.4, -0.2) is 36.2 Å². The molecular weight excluding hydrogens is 470 g/mol. The van der Waals surface area contributed by atoms with Crippen LogP contribution >= 0.6 is 23.4 Å². The van der Waals surface area contributed by atoms with Gasteiger partial charge in [0, 0.05) is 34.6 Å². The third-order valence-electron chi connectivity index (χ3n) is 6.14. The van der Waals surface area contributed by atoms with Crippen molar-refractivity contribution in [3.05, 3.63) is 88.4 Å².